The predicted molar refractivity (Wildman–Crippen MR) is 165 cm³/mol. The Labute approximate surface area is 307 Å². The van der Waals surface area contributed by atoms with Crippen molar-refractivity contribution in [1.82, 2.24) is 24.3 Å². The SMILES string of the molecule is CN1CCn2c(-c3ccccc3)cnc2C12CCN(Cc1cccnc1)CC2.O=C(O)C(F)(F)F.O=C(O)C(F)(F)F.O=C(O)C(F)(F)F.O=C(O)C(F)(F)F. The molecule has 0 amide bonds. The van der Waals surface area contributed by atoms with E-state index in [0.29, 0.717) is 0 Å². The first-order chi connectivity index (χ1) is 25.5. The van der Waals surface area contributed by atoms with Gasteiger partial charge in [-0.15, -0.1) is 0 Å². The van der Waals surface area contributed by atoms with Crippen LogP contribution in [-0.4, -0.2) is 120 Å². The van der Waals surface area contributed by atoms with Crippen LogP contribution in [0.3, 0.4) is 0 Å². The minimum Gasteiger partial charge on any atom is -0.475 e. The summed E-state index contributed by atoms with van der Waals surface area (Å²) in [4.78, 5) is 49.9. The number of hydrogen-bond donors (Lipinski definition) is 4. The molecule has 1 saturated heterocycles. The number of carboxylic acid groups (broad SMARTS) is 4. The van der Waals surface area contributed by atoms with Gasteiger partial charge in [0.1, 0.15) is 5.82 Å². The summed E-state index contributed by atoms with van der Waals surface area (Å²) in [6, 6.07) is 14.9. The molecule has 25 heteroatoms. The van der Waals surface area contributed by atoms with Gasteiger partial charge in [-0.05, 0) is 37.1 Å². The number of nitrogens with zero attached hydrogens (tertiary/aromatic N) is 5. The third-order valence-corrected chi connectivity index (χ3v) is 7.51. The molecule has 0 saturated carbocycles. The molecule has 13 nitrogen and oxygen atoms in total. The quantitative estimate of drug-likeness (QED) is 0.229. The van der Waals surface area contributed by atoms with Gasteiger partial charge in [-0.2, -0.15) is 52.7 Å². The fourth-order valence-corrected chi connectivity index (χ4v) is 4.88. The number of halogens is 12. The first kappa shape index (κ1) is 48.6. The summed E-state index contributed by atoms with van der Waals surface area (Å²) in [6.07, 6.45) is -12.2. The highest BCUT2D eigenvalue weighted by molar-refractivity contribution is 5.74. The van der Waals surface area contributed by atoms with E-state index in [9.17, 15) is 52.7 Å². The van der Waals surface area contributed by atoms with Crippen molar-refractivity contribution in [1.29, 1.82) is 0 Å². The van der Waals surface area contributed by atoms with Gasteiger partial charge in [0.25, 0.3) is 0 Å². The average Bonchev–Trinajstić information content (AvgIpc) is 3.53. The highest BCUT2D eigenvalue weighted by Crippen LogP contribution is 2.41. The Morgan fingerprint density at radius 3 is 1.45 bits per heavy atom. The molecule has 5 rings (SSSR count). The molecule has 0 radical (unpaired) electrons. The zero-order valence-electron chi connectivity index (χ0n) is 28.4. The molecule has 1 aromatic carbocycles. The number of pyridine rings is 1. The van der Waals surface area contributed by atoms with Crippen LogP contribution in [0.25, 0.3) is 11.3 Å². The van der Waals surface area contributed by atoms with Gasteiger partial charge in [-0.25, -0.2) is 24.2 Å². The van der Waals surface area contributed by atoms with Crippen molar-refractivity contribution in [3.8, 4) is 11.3 Å². The van der Waals surface area contributed by atoms with Crippen molar-refractivity contribution in [2.24, 2.45) is 0 Å². The number of piperidine rings is 1. The number of benzene rings is 1. The third kappa shape index (κ3) is 15.3. The van der Waals surface area contributed by atoms with Crippen molar-refractivity contribution >= 4 is 23.9 Å². The number of likely N-dealkylation sites (N-methyl/N-ethyl adjacent to an activating group) is 1. The zero-order chi connectivity index (χ0) is 43.3. The highest BCUT2D eigenvalue weighted by Gasteiger charge is 2.46. The highest BCUT2D eigenvalue weighted by atomic mass is 19.4. The second-order valence-corrected chi connectivity index (χ2v) is 11.3. The van der Waals surface area contributed by atoms with Crippen molar-refractivity contribution in [3.05, 3.63) is 72.4 Å². The second kappa shape index (κ2) is 19.9. The van der Waals surface area contributed by atoms with Crippen LogP contribution >= 0.6 is 0 Å². The Balaban J connectivity index is 0.000000457. The van der Waals surface area contributed by atoms with Gasteiger partial charge in [0.15, 0.2) is 0 Å². The summed E-state index contributed by atoms with van der Waals surface area (Å²) < 4.78 is 129. The largest absolute Gasteiger partial charge is 0.490 e. The lowest BCUT2D eigenvalue weighted by Gasteiger charge is -2.49. The number of alkyl halides is 12. The Hall–Kier alpha value is -5.46. The minimum absolute atomic E-state index is 0.0523. The van der Waals surface area contributed by atoms with Crippen LogP contribution in [0, 0.1) is 0 Å². The number of likely N-dealkylation sites (tertiary alicyclic amines) is 1. The van der Waals surface area contributed by atoms with E-state index in [-0.39, 0.29) is 5.54 Å². The van der Waals surface area contributed by atoms with Gasteiger partial charge in [0.05, 0.1) is 17.4 Å². The summed E-state index contributed by atoms with van der Waals surface area (Å²) in [5, 5.41) is 28.5. The van der Waals surface area contributed by atoms with Gasteiger partial charge in [-0.3, -0.25) is 14.8 Å². The second-order valence-electron chi connectivity index (χ2n) is 11.3. The molecule has 4 heterocycles. The molecule has 3 aromatic rings. The van der Waals surface area contributed by atoms with Crippen LogP contribution in [0.2, 0.25) is 0 Å². The van der Waals surface area contributed by atoms with Crippen LogP contribution < -0.4 is 0 Å². The van der Waals surface area contributed by atoms with Crippen molar-refractivity contribution in [3.63, 3.8) is 0 Å². The zero-order valence-corrected chi connectivity index (χ0v) is 28.4. The van der Waals surface area contributed by atoms with E-state index in [2.05, 4.69) is 69.0 Å². The minimum atomic E-state index is -5.08. The first-order valence-electron chi connectivity index (χ1n) is 15.2. The van der Waals surface area contributed by atoms with E-state index < -0.39 is 48.6 Å². The Morgan fingerprint density at radius 2 is 1.07 bits per heavy atom. The molecule has 1 spiro atoms. The predicted octanol–water partition coefficient (Wildman–Crippen LogP) is 5.92. The molecule has 2 aliphatic heterocycles. The van der Waals surface area contributed by atoms with Crippen LogP contribution in [0.5, 0.6) is 0 Å². The van der Waals surface area contributed by atoms with E-state index in [1.54, 1.807) is 0 Å². The number of fused-ring (bicyclic) bond motifs is 2. The molecule has 4 N–H and O–H groups in total. The van der Waals surface area contributed by atoms with Crippen LogP contribution in [0.4, 0.5) is 52.7 Å². The topological polar surface area (TPSA) is 186 Å². The van der Waals surface area contributed by atoms with E-state index >= 15 is 0 Å². The monoisotopic (exact) mass is 829 g/mol. The summed E-state index contributed by atoms with van der Waals surface area (Å²) in [6.45, 7) is 5.25. The Morgan fingerprint density at radius 1 is 0.643 bits per heavy atom. The lowest BCUT2D eigenvalue weighted by Crippen LogP contribution is -2.56. The number of hydrogen-bond acceptors (Lipinski definition) is 8. The van der Waals surface area contributed by atoms with Crippen LogP contribution in [-0.2, 0) is 37.8 Å². The van der Waals surface area contributed by atoms with Crippen molar-refractivity contribution in [2.75, 3.05) is 26.7 Å². The number of aliphatic carboxylic acids is 4. The van der Waals surface area contributed by atoms with Gasteiger partial charge in [0, 0.05) is 45.1 Å². The molecule has 0 atom stereocenters. The molecular weight excluding hydrogens is 798 g/mol. The van der Waals surface area contributed by atoms with E-state index in [1.807, 2.05) is 18.5 Å². The van der Waals surface area contributed by atoms with Gasteiger partial charge in [0.2, 0.25) is 0 Å². The van der Waals surface area contributed by atoms with E-state index in [1.165, 1.54) is 22.6 Å². The number of aromatic nitrogens is 3. The number of rotatable bonds is 3. The fraction of sp³-hybridized carbons (Fsp3) is 0.419. The lowest BCUT2D eigenvalue weighted by atomic mass is 9.83. The van der Waals surface area contributed by atoms with Gasteiger partial charge < -0.3 is 25.0 Å². The van der Waals surface area contributed by atoms with Crippen molar-refractivity contribution < 1.29 is 92.3 Å². The maximum atomic E-state index is 10.6. The maximum absolute atomic E-state index is 10.6. The molecule has 56 heavy (non-hydrogen) atoms. The summed E-state index contributed by atoms with van der Waals surface area (Å²) in [5.74, 6) is -9.78. The van der Waals surface area contributed by atoms with E-state index in [4.69, 9.17) is 44.6 Å². The summed E-state index contributed by atoms with van der Waals surface area (Å²) >= 11 is 0. The third-order valence-electron chi connectivity index (χ3n) is 7.51. The molecule has 0 bridgehead atoms. The molecule has 1 fully saturated rings. The molecule has 0 aliphatic carbocycles. The van der Waals surface area contributed by atoms with Gasteiger partial charge in [-0.1, -0.05) is 36.4 Å². The molecule has 2 aromatic heterocycles. The number of carboxylic acids is 4. The fourth-order valence-electron chi connectivity index (χ4n) is 4.88. The van der Waals surface area contributed by atoms with Crippen LogP contribution in [0.15, 0.2) is 61.1 Å². The van der Waals surface area contributed by atoms with Gasteiger partial charge >= 0.3 is 48.6 Å². The molecule has 0 unspecified atom stereocenters. The number of imidazole rings is 1. The Bertz CT molecular complexity index is 1630. The summed E-state index contributed by atoms with van der Waals surface area (Å²) in [5.41, 5.74) is 3.86. The molecular formula is C31H31F12N5O8. The first-order valence-corrected chi connectivity index (χ1v) is 15.2. The van der Waals surface area contributed by atoms with E-state index in [0.717, 1.165) is 45.6 Å². The van der Waals surface area contributed by atoms with Crippen LogP contribution in [0.1, 0.15) is 24.2 Å². The lowest BCUT2D eigenvalue weighted by molar-refractivity contribution is -0.193. The summed E-state index contributed by atoms with van der Waals surface area (Å²) in [7, 11) is 2.27. The average molecular weight is 830 g/mol. The smallest absolute Gasteiger partial charge is 0.475 e. The normalized spacial score (nSPS) is 15.4. The Kier molecular flexibility index (Phi) is 17.3. The molecule has 312 valence electrons. The molecule has 2 aliphatic rings. The van der Waals surface area contributed by atoms with Crippen molar-refractivity contribution in [2.45, 2.75) is 56.2 Å². The number of carbonyl (C=O) groups is 4. The standard InChI is InChI=1S/C23H27N5.4C2HF3O2/c1-26-14-15-28-21(20-7-3-2-4-8-20)17-25-22(28)23(26)9-12-27(13-10-23)18-19-6-5-11-24-16-19;4*3-2(4,5)1(6)7/h2-8,11,16-17H,9-10,12-15,18H2,1H3;4*(H,6,7). The maximum Gasteiger partial charge on any atom is 0.490 e.